The number of benzene rings is 4. The summed E-state index contributed by atoms with van der Waals surface area (Å²) in [6.07, 6.45) is 0.938. The molecule has 0 spiro atoms. The van der Waals surface area contributed by atoms with Gasteiger partial charge in [0, 0.05) is 29.6 Å². The van der Waals surface area contributed by atoms with Gasteiger partial charge in [-0.05, 0) is 66.9 Å². The second-order valence-corrected chi connectivity index (χ2v) is 13.2. The Bertz CT molecular complexity index is 1680. The third-order valence-electron chi connectivity index (χ3n) is 7.05. The molecule has 230 valence electrons. The number of sulfonamides is 1. The van der Waals surface area contributed by atoms with Gasteiger partial charge in [0.25, 0.3) is 10.0 Å². The number of carbonyl (C=O) groups is 2. The Labute approximate surface area is 269 Å². The Morgan fingerprint density at radius 2 is 1.45 bits per heavy atom. The van der Waals surface area contributed by atoms with Crippen molar-refractivity contribution in [2.45, 2.75) is 44.2 Å². The molecule has 1 N–H and O–H groups in total. The molecule has 2 amide bonds. The van der Waals surface area contributed by atoms with Crippen LogP contribution < -0.4 is 9.62 Å². The van der Waals surface area contributed by atoms with Crippen LogP contribution in [0.25, 0.3) is 0 Å². The molecule has 1 atom stereocenters. The molecule has 10 heteroatoms. The molecule has 4 rings (SSSR count). The summed E-state index contributed by atoms with van der Waals surface area (Å²) in [6.45, 7) is 3.70. The van der Waals surface area contributed by atoms with Crippen molar-refractivity contribution in [1.29, 1.82) is 0 Å². The molecular weight excluding hydrogens is 617 g/mol. The topological polar surface area (TPSA) is 86.8 Å². The van der Waals surface area contributed by atoms with Crippen molar-refractivity contribution in [2.24, 2.45) is 0 Å². The molecule has 0 saturated heterocycles. The number of nitrogens with zero attached hydrogens (tertiary/aromatic N) is 2. The average molecular weight is 653 g/mol. The van der Waals surface area contributed by atoms with Crippen molar-refractivity contribution in [1.82, 2.24) is 10.2 Å². The van der Waals surface area contributed by atoms with Crippen molar-refractivity contribution in [3.63, 3.8) is 0 Å². The number of hydrogen-bond acceptors (Lipinski definition) is 4. The van der Waals surface area contributed by atoms with E-state index in [4.69, 9.17) is 23.2 Å². The first-order valence-electron chi connectivity index (χ1n) is 14.3. The molecule has 0 aromatic heterocycles. The summed E-state index contributed by atoms with van der Waals surface area (Å²) in [5, 5.41) is 3.73. The maximum absolute atomic E-state index is 14.4. The average Bonchev–Trinajstić information content (AvgIpc) is 3.01. The first-order chi connectivity index (χ1) is 21.1. The van der Waals surface area contributed by atoms with Gasteiger partial charge in [-0.2, -0.15) is 0 Å². The molecule has 0 bridgehead atoms. The third-order valence-corrected chi connectivity index (χ3v) is 9.30. The minimum Gasteiger partial charge on any atom is -0.354 e. The molecule has 0 saturated carbocycles. The van der Waals surface area contributed by atoms with Crippen LogP contribution >= 0.6 is 23.2 Å². The second-order valence-electron chi connectivity index (χ2n) is 10.5. The Balaban J connectivity index is 1.80. The Kier molecular flexibility index (Phi) is 11.4. The first kappa shape index (κ1) is 33.1. The van der Waals surface area contributed by atoms with Crippen molar-refractivity contribution >= 4 is 50.7 Å². The maximum Gasteiger partial charge on any atom is 0.264 e. The first-order valence-corrected chi connectivity index (χ1v) is 16.5. The van der Waals surface area contributed by atoms with E-state index in [0.717, 1.165) is 15.4 Å². The summed E-state index contributed by atoms with van der Waals surface area (Å²) in [7, 11) is -4.21. The van der Waals surface area contributed by atoms with Crippen LogP contribution in [0.5, 0.6) is 0 Å². The van der Waals surface area contributed by atoms with Crippen LogP contribution in [0.4, 0.5) is 5.69 Å². The highest BCUT2D eigenvalue weighted by Crippen LogP contribution is 2.27. The molecule has 0 aliphatic heterocycles. The van der Waals surface area contributed by atoms with E-state index in [-0.39, 0.29) is 29.5 Å². The van der Waals surface area contributed by atoms with Crippen molar-refractivity contribution in [2.75, 3.05) is 17.4 Å². The maximum atomic E-state index is 14.4. The number of aryl methyl sites for hydroxylation is 1. The number of halogens is 2. The summed E-state index contributed by atoms with van der Waals surface area (Å²) in [6, 6.07) is 28.2. The van der Waals surface area contributed by atoms with Crippen LogP contribution in [0, 0.1) is 6.92 Å². The lowest BCUT2D eigenvalue weighted by molar-refractivity contribution is -0.140. The molecule has 0 aliphatic rings. The largest absolute Gasteiger partial charge is 0.354 e. The zero-order chi connectivity index (χ0) is 31.7. The van der Waals surface area contributed by atoms with Crippen LogP contribution in [-0.2, 0) is 32.6 Å². The molecular formula is C34H35Cl2N3O4S. The van der Waals surface area contributed by atoms with Crippen LogP contribution in [0.1, 0.15) is 30.0 Å². The van der Waals surface area contributed by atoms with E-state index in [1.807, 2.05) is 50.2 Å². The quantitative estimate of drug-likeness (QED) is 0.175. The summed E-state index contributed by atoms with van der Waals surface area (Å²) in [5.41, 5.74) is 2.67. The minimum absolute atomic E-state index is 0.0267. The van der Waals surface area contributed by atoms with E-state index in [1.165, 1.54) is 23.1 Å². The Morgan fingerprint density at radius 3 is 2.09 bits per heavy atom. The van der Waals surface area contributed by atoms with Gasteiger partial charge < -0.3 is 10.2 Å². The van der Waals surface area contributed by atoms with Gasteiger partial charge in [-0.1, -0.05) is 96.4 Å². The SMILES string of the molecule is CCCNC(=O)C(Cc1ccccc1)N(Cc1cccc(Cl)c1)C(=O)CN(c1cccc(Cl)c1)S(=O)(=O)c1ccc(C)cc1. The van der Waals surface area contributed by atoms with Gasteiger partial charge in [-0.25, -0.2) is 8.42 Å². The van der Waals surface area contributed by atoms with E-state index in [1.54, 1.807) is 48.5 Å². The number of hydrogen-bond donors (Lipinski definition) is 1. The monoisotopic (exact) mass is 651 g/mol. The third kappa shape index (κ3) is 8.62. The zero-order valence-corrected chi connectivity index (χ0v) is 26.9. The van der Waals surface area contributed by atoms with Gasteiger partial charge >= 0.3 is 0 Å². The number of anilines is 1. The molecule has 4 aromatic carbocycles. The molecule has 0 radical (unpaired) electrons. The Morgan fingerprint density at radius 1 is 0.818 bits per heavy atom. The van der Waals surface area contributed by atoms with Crippen LogP contribution in [0.15, 0.2) is 108 Å². The van der Waals surface area contributed by atoms with Gasteiger partial charge in [0.2, 0.25) is 11.8 Å². The fourth-order valence-corrected chi connectivity index (χ4v) is 6.55. The second kappa shape index (κ2) is 15.2. The molecule has 0 heterocycles. The van der Waals surface area contributed by atoms with Crippen molar-refractivity contribution in [3.8, 4) is 0 Å². The molecule has 1 unspecified atom stereocenters. The van der Waals surface area contributed by atoms with Gasteiger partial charge in [0.1, 0.15) is 12.6 Å². The predicted molar refractivity (Wildman–Crippen MR) is 176 cm³/mol. The van der Waals surface area contributed by atoms with Gasteiger partial charge in [0.05, 0.1) is 10.6 Å². The zero-order valence-electron chi connectivity index (χ0n) is 24.6. The van der Waals surface area contributed by atoms with Gasteiger partial charge in [-0.15, -0.1) is 0 Å². The summed E-state index contributed by atoms with van der Waals surface area (Å²) < 4.78 is 29.2. The van der Waals surface area contributed by atoms with Crippen LogP contribution in [-0.4, -0.2) is 44.3 Å². The number of rotatable bonds is 13. The number of amides is 2. The van der Waals surface area contributed by atoms with E-state index in [0.29, 0.717) is 28.6 Å². The summed E-state index contributed by atoms with van der Waals surface area (Å²) in [4.78, 5) is 29.6. The molecule has 4 aromatic rings. The fourth-order valence-electron chi connectivity index (χ4n) is 4.75. The smallest absolute Gasteiger partial charge is 0.264 e. The van der Waals surface area contributed by atoms with E-state index in [9.17, 15) is 18.0 Å². The normalized spacial score (nSPS) is 11.9. The van der Waals surface area contributed by atoms with Gasteiger partial charge in [0.15, 0.2) is 0 Å². The van der Waals surface area contributed by atoms with Crippen LogP contribution in [0.2, 0.25) is 10.0 Å². The summed E-state index contributed by atoms with van der Waals surface area (Å²) >= 11 is 12.6. The standard InChI is InChI=1S/C34H35Cl2N3O4S/c1-3-19-37-34(41)32(21-26-9-5-4-6-10-26)38(23-27-11-7-12-28(35)20-27)33(40)24-39(30-14-8-13-29(36)22-30)44(42,43)31-17-15-25(2)16-18-31/h4-18,20,22,32H,3,19,21,23-24H2,1-2H3,(H,37,41). The highest BCUT2D eigenvalue weighted by Gasteiger charge is 2.34. The number of nitrogens with one attached hydrogen (secondary N) is 1. The lowest BCUT2D eigenvalue weighted by Gasteiger charge is -2.34. The van der Waals surface area contributed by atoms with Crippen LogP contribution in [0.3, 0.4) is 0 Å². The highest BCUT2D eigenvalue weighted by atomic mass is 35.5. The van der Waals surface area contributed by atoms with E-state index < -0.39 is 28.5 Å². The van der Waals surface area contributed by atoms with E-state index >= 15 is 0 Å². The molecule has 44 heavy (non-hydrogen) atoms. The fraction of sp³-hybridized carbons (Fsp3) is 0.235. The van der Waals surface area contributed by atoms with E-state index in [2.05, 4.69) is 5.32 Å². The van der Waals surface area contributed by atoms with Crippen molar-refractivity contribution < 1.29 is 18.0 Å². The van der Waals surface area contributed by atoms with Crippen molar-refractivity contribution in [3.05, 3.63) is 130 Å². The number of carbonyl (C=O) groups excluding carboxylic acids is 2. The molecule has 0 aliphatic carbocycles. The lowest BCUT2D eigenvalue weighted by atomic mass is 10.0. The highest BCUT2D eigenvalue weighted by molar-refractivity contribution is 7.92. The summed E-state index contributed by atoms with van der Waals surface area (Å²) in [5.74, 6) is -0.894. The Hall–Kier alpha value is -3.85. The van der Waals surface area contributed by atoms with Gasteiger partial charge in [-0.3, -0.25) is 13.9 Å². The molecule has 7 nitrogen and oxygen atoms in total. The molecule has 0 fully saturated rings. The minimum atomic E-state index is -4.21. The lowest BCUT2D eigenvalue weighted by Crippen LogP contribution is -2.53. The predicted octanol–water partition coefficient (Wildman–Crippen LogP) is 6.66.